The normalized spacial score (nSPS) is 14.4. The molecule has 2 aromatic heterocycles. The Balaban J connectivity index is 1.34. The Bertz CT molecular complexity index is 1570. The maximum atomic E-state index is 14.0. The van der Waals surface area contributed by atoms with Crippen molar-refractivity contribution in [3.8, 4) is 17.2 Å². The van der Waals surface area contributed by atoms with Gasteiger partial charge in [-0.3, -0.25) is 14.2 Å². The molecule has 0 unspecified atom stereocenters. The molecule has 1 amide bonds. The summed E-state index contributed by atoms with van der Waals surface area (Å²) in [6.45, 7) is 5.04. The standard InChI is InChI=1S/C28H27N3O4S2/c1-16-11-17(2)13-19(12-16)31-27(33)25-20-5-3-4-6-23(20)37-26(25)30-28(31)36-15-24(32)29-18-7-8-21-22(14-18)35-10-9-34-21/h7-8,11-14H,3-6,9-10,15H2,1-2H3,(H,29,32). The first-order valence-electron chi connectivity index (χ1n) is 12.4. The second-order valence-corrected chi connectivity index (χ2v) is 11.5. The summed E-state index contributed by atoms with van der Waals surface area (Å²) in [6.07, 6.45) is 4.16. The third-order valence-corrected chi connectivity index (χ3v) is 8.71. The molecule has 1 N–H and O–H groups in total. The van der Waals surface area contributed by atoms with Gasteiger partial charge >= 0.3 is 0 Å². The van der Waals surface area contributed by atoms with E-state index >= 15 is 0 Å². The molecular weight excluding hydrogens is 506 g/mol. The first-order valence-corrected chi connectivity index (χ1v) is 14.2. The summed E-state index contributed by atoms with van der Waals surface area (Å²) in [4.78, 5) is 33.9. The summed E-state index contributed by atoms with van der Waals surface area (Å²) in [5.74, 6) is 1.22. The van der Waals surface area contributed by atoms with Crippen LogP contribution in [-0.2, 0) is 17.6 Å². The van der Waals surface area contributed by atoms with Crippen LogP contribution in [0.15, 0.2) is 46.3 Å². The zero-order chi connectivity index (χ0) is 25.5. The lowest BCUT2D eigenvalue weighted by Crippen LogP contribution is -2.23. The number of benzene rings is 2. The van der Waals surface area contributed by atoms with Crippen molar-refractivity contribution in [2.45, 2.75) is 44.7 Å². The largest absolute Gasteiger partial charge is 0.486 e. The van der Waals surface area contributed by atoms with Gasteiger partial charge in [0.15, 0.2) is 16.7 Å². The topological polar surface area (TPSA) is 82.5 Å². The van der Waals surface area contributed by atoms with Gasteiger partial charge in [-0.2, -0.15) is 0 Å². The summed E-state index contributed by atoms with van der Waals surface area (Å²) in [6, 6.07) is 11.4. The van der Waals surface area contributed by atoms with Gasteiger partial charge in [0, 0.05) is 16.6 Å². The molecule has 2 aromatic carbocycles. The summed E-state index contributed by atoms with van der Waals surface area (Å²) in [5.41, 5.74) is 4.67. The van der Waals surface area contributed by atoms with Crippen LogP contribution in [0.5, 0.6) is 11.5 Å². The summed E-state index contributed by atoms with van der Waals surface area (Å²) in [5, 5.41) is 4.19. The van der Waals surface area contributed by atoms with Gasteiger partial charge in [-0.25, -0.2) is 4.98 Å². The van der Waals surface area contributed by atoms with E-state index in [-0.39, 0.29) is 17.2 Å². The van der Waals surface area contributed by atoms with Crippen LogP contribution in [-0.4, -0.2) is 34.4 Å². The maximum Gasteiger partial charge on any atom is 0.267 e. The molecule has 2 aliphatic rings. The average molecular weight is 534 g/mol. The number of thioether (sulfide) groups is 1. The number of carbonyl (C=O) groups excluding carboxylic acids is 1. The smallest absolute Gasteiger partial charge is 0.267 e. The average Bonchev–Trinajstić information content (AvgIpc) is 3.25. The highest BCUT2D eigenvalue weighted by Crippen LogP contribution is 2.36. The van der Waals surface area contributed by atoms with Gasteiger partial charge in [-0.05, 0) is 80.5 Å². The SMILES string of the molecule is Cc1cc(C)cc(-n2c(SCC(=O)Nc3ccc4c(c3)OCCO4)nc3sc4c(c3c2=O)CCCC4)c1. The number of carbonyl (C=O) groups is 1. The van der Waals surface area contributed by atoms with Crippen molar-refractivity contribution >= 4 is 44.9 Å². The molecule has 0 radical (unpaired) electrons. The third-order valence-electron chi connectivity index (χ3n) is 6.58. The fourth-order valence-corrected chi connectivity index (χ4v) is 7.15. The minimum absolute atomic E-state index is 0.0517. The zero-order valence-corrected chi connectivity index (χ0v) is 22.4. The van der Waals surface area contributed by atoms with Gasteiger partial charge in [0.05, 0.1) is 16.8 Å². The van der Waals surface area contributed by atoms with E-state index in [0.717, 1.165) is 58.3 Å². The van der Waals surface area contributed by atoms with Gasteiger partial charge in [-0.15, -0.1) is 11.3 Å². The Morgan fingerprint density at radius 3 is 2.62 bits per heavy atom. The summed E-state index contributed by atoms with van der Waals surface area (Å²) in [7, 11) is 0. The molecule has 3 heterocycles. The van der Waals surface area contributed by atoms with Crippen LogP contribution < -0.4 is 20.3 Å². The van der Waals surface area contributed by atoms with Crippen molar-refractivity contribution in [2.75, 3.05) is 24.3 Å². The van der Waals surface area contributed by atoms with Crippen LogP contribution in [0.1, 0.15) is 34.4 Å². The number of aryl methyl sites for hydroxylation is 4. The molecule has 0 bridgehead atoms. The van der Waals surface area contributed by atoms with Crippen molar-refractivity contribution in [3.05, 3.63) is 68.3 Å². The van der Waals surface area contributed by atoms with Crippen molar-refractivity contribution < 1.29 is 14.3 Å². The van der Waals surface area contributed by atoms with Gasteiger partial charge in [-0.1, -0.05) is 17.8 Å². The van der Waals surface area contributed by atoms with Gasteiger partial charge in [0.1, 0.15) is 18.0 Å². The number of anilines is 1. The first-order chi connectivity index (χ1) is 18.0. The van der Waals surface area contributed by atoms with E-state index in [0.29, 0.717) is 35.6 Å². The van der Waals surface area contributed by atoms with Crippen molar-refractivity contribution in [1.29, 1.82) is 0 Å². The van der Waals surface area contributed by atoms with E-state index in [1.54, 1.807) is 34.1 Å². The molecule has 190 valence electrons. The second kappa shape index (κ2) is 9.87. The van der Waals surface area contributed by atoms with E-state index in [1.807, 2.05) is 26.0 Å². The molecule has 0 spiro atoms. The van der Waals surface area contributed by atoms with E-state index in [1.165, 1.54) is 16.6 Å². The van der Waals surface area contributed by atoms with Crippen LogP contribution >= 0.6 is 23.1 Å². The van der Waals surface area contributed by atoms with E-state index in [2.05, 4.69) is 11.4 Å². The van der Waals surface area contributed by atoms with Crippen molar-refractivity contribution in [2.24, 2.45) is 0 Å². The Morgan fingerprint density at radius 1 is 1.05 bits per heavy atom. The molecule has 0 saturated heterocycles. The lowest BCUT2D eigenvalue weighted by Gasteiger charge is -2.19. The zero-order valence-electron chi connectivity index (χ0n) is 20.8. The molecule has 37 heavy (non-hydrogen) atoms. The first kappa shape index (κ1) is 24.1. The van der Waals surface area contributed by atoms with Crippen LogP contribution in [0.3, 0.4) is 0 Å². The van der Waals surface area contributed by atoms with E-state index in [4.69, 9.17) is 14.5 Å². The minimum Gasteiger partial charge on any atom is -0.486 e. The fraction of sp³-hybridized carbons (Fsp3) is 0.321. The molecule has 0 fully saturated rings. The van der Waals surface area contributed by atoms with Crippen LogP contribution in [0, 0.1) is 13.8 Å². The van der Waals surface area contributed by atoms with Crippen molar-refractivity contribution in [3.63, 3.8) is 0 Å². The number of ether oxygens (including phenoxy) is 2. The number of amides is 1. The predicted octanol–water partition coefficient (Wildman–Crippen LogP) is 5.44. The summed E-state index contributed by atoms with van der Waals surface area (Å²) >= 11 is 2.90. The Hall–Kier alpha value is -3.30. The van der Waals surface area contributed by atoms with Gasteiger partial charge < -0.3 is 14.8 Å². The monoisotopic (exact) mass is 533 g/mol. The highest BCUT2D eigenvalue weighted by Gasteiger charge is 2.23. The van der Waals surface area contributed by atoms with Crippen molar-refractivity contribution in [1.82, 2.24) is 9.55 Å². The molecule has 0 saturated carbocycles. The Morgan fingerprint density at radius 2 is 1.81 bits per heavy atom. The number of hydrogen-bond donors (Lipinski definition) is 1. The lowest BCUT2D eigenvalue weighted by molar-refractivity contribution is -0.113. The number of hydrogen-bond acceptors (Lipinski definition) is 7. The molecule has 9 heteroatoms. The Kier molecular flexibility index (Phi) is 6.42. The number of aromatic nitrogens is 2. The molecule has 1 aliphatic heterocycles. The highest BCUT2D eigenvalue weighted by atomic mass is 32.2. The molecule has 0 atom stereocenters. The van der Waals surface area contributed by atoms with Crippen LogP contribution in [0.2, 0.25) is 0 Å². The van der Waals surface area contributed by atoms with Crippen LogP contribution in [0.4, 0.5) is 5.69 Å². The fourth-order valence-electron chi connectivity index (χ4n) is 5.04. The van der Waals surface area contributed by atoms with Gasteiger partial charge in [0.25, 0.3) is 5.56 Å². The molecule has 6 rings (SSSR count). The number of thiophene rings is 1. The Labute approximate surface area is 222 Å². The quantitative estimate of drug-likeness (QED) is 0.272. The number of rotatable bonds is 5. The molecule has 1 aliphatic carbocycles. The van der Waals surface area contributed by atoms with Crippen LogP contribution in [0.25, 0.3) is 15.9 Å². The predicted molar refractivity (Wildman–Crippen MR) is 148 cm³/mol. The number of nitrogens with one attached hydrogen (secondary N) is 1. The van der Waals surface area contributed by atoms with E-state index in [9.17, 15) is 9.59 Å². The number of nitrogens with zero attached hydrogens (tertiary/aromatic N) is 2. The lowest BCUT2D eigenvalue weighted by atomic mass is 9.97. The molecular formula is C28H27N3O4S2. The van der Waals surface area contributed by atoms with E-state index < -0.39 is 0 Å². The number of fused-ring (bicyclic) bond motifs is 4. The minimum atomic E-state index is -0.187. The third kappa shape index (κ3) is 4.73. The molecule has 7 nitrogen and oxygen atoms in total. The summed E-state index contributed by atoms with van der Waals surface area (Å²) < 4.78 is 12.9. The van der Waals surface area contributed by atoms with Gasteiger partial charge in [0.2, 0.25) is 5.91 Å². The second-order valence-electron chi connectivity index (χ2n) is 9.47. The maximum absolute atomic E-state index is 14.0. The molecule has 4 aromatic rings. The highest BCUT2D eigenvalue weighted by molar-refractivity contribution is 7.99.